The minimum absolute atomic E-state index is 0.00303. The van der Waals surface area contributed by atoms with Crippen LogP contribution in [0.3, 0.4) is 0 Å². The van der Waals surface area contributed by atoms with Crippen molar-refractivity contribution in [1.29, 1.82) is 0 Å². The van der Waals surface area contributed by atoms with Crippen LogP contribution in [0.4, 0.5) is 0 Å². The number of likely N-dealkylation sites (tertiary alicyclic amines) is 2. The molecule has 6 aliphatic heterocycles. The van der Waals surface area contributed by atoms with Crippen molar-refractivity contribution in [3.8, 4) is 0 Å². The Labute approximate surface area is 734 Å². The molecule has 118 heavy (non-hydrogen) atoms. The van der Waals surface area contributed by atoms with Gasteiger partial charge in [-0.15, -0.1) is 0 Å². The molecule has 0 aromatic rings. The molecular formula is C97H208N14O7. The molecule has 6 fully saturated rings. The van der Waals surface area contributed by atoms with Crippen LogP contribution in [0.5, 0.6) is 0 Å². The molecule has 0 unspecified atom stereocenters. The minimum Gasteiger partial charge on any atom is -0.375 e. The second-order valence-electron chi connectivity index (χ2n) is 47.0. The van der Waals surface area contributed by atoms with Crippen molar-refractivity contribution in [3.63, 3.8) is 0 Å². The van der Waals surface area contributed by atoms with Gasteiger partial charge in [0.05, 0.1) is 85.5 Å². The smallest absolute Gasteiger partial charge is 0.0600 e. The molecule has 6 heterocycles. The highest BCUT2D eigenvalue weighted by molar-refractivity contribution is 4.85. The number of nitrogens with one attached hydrogen (secondary N) is 4. The van der Waals surface area contributed by atoms with Crippen LogP contribution < -0.4 is 21.3 Å². The topological polar surface area (TPSA) is 145 Å². The van der Waals surface area contributed by atoms with Crippen LogP contribution in [0, 0.1) is 11.8 Å². The summed E-state index contributed by atoms with van der Waals surface area (Å²) in [6.07, 6.45) is 9.17. The van der Waals surface area contributed by atoms with Gasteiger partial charge in [0, 0.05) is 178 Å². The van der Waals surface area contributed by atoms with Crippen LogP contribution in [0.2, 0.25) is 0 Å². The molecule has 0 spiro atoms. The van der Waals surface area contributed by atoms with E-state index in [1.807, 2.05) is 0 Å². The van der Waals surface area contributed by atoms with Gasteiger partial charge in [-0.3, -0.25) is 34.3 Å². The quantitative estimate of drug-likeness (QED) is 0.0506. The van der Waals surface area contributed by atoms with Crippen LogP contribution in [0.1, 0.15) is 294 Å². The van der Waals surface area contributed by atoms with Crippen LogP contribution in [-0.4, -0.2) is 378 Å². The first kappa shape index (κ1) is 115. The zero-order chi connectivity index (χ0) is 89.9. The van der Waals surface area contributed by atoms with Gasteiger partial charge in [0.1, 0.15) is 0 Å². The third kappa shape index (κ3) is 73.2. The highest BCUT2D eigenvalue weighted by Crippen LogP contribution is 2.23. The van der Waals surface area contributed by atoms with E-state index in [9.17, 15) is 0 Å². The zero-order valence-corrected chi connectivity index (χ0v) is 85.7. The van der Waals surface area contributed by atoms with Gasteiger partial charge in [-0.1, -0.05) is 0 Å². The second kappa shape index (κ2) is 56.5. The standard InChI is InChI=1S/C17H37N3O.C17H36N2O2.C17H36N2O.C16H35N3O.C16H34N2O.C14H30N2O/c1-16(2,3)18-8-11-19-9-7-10-20(13-12-19)14-15-21-17(4,5)6;1-16(2,3)20-14-12-18-8-7-9-19(11-10-18)13-15-21-17(4,5)6;1-16(2,3)18-10-7-15-8-11-19(12-9-15)13-14-20-17(4,5)6;1-15(2,3)17-7-8-18-9-11-19(12-10-18)13-14-20-16(4,5)6;1-15(2,3)17-13-14-7-9-18(10-8-14)11-12-19-16(4,5)6;1-13(2,3)16-9-7-15(8-10-16)11-12-17-14(4,5)6/h18H,7-15H2,1-6H3;7-15H2,1-6H3;15,18H,7-14H2,1-6H3;17H,7-14H2,1-6H3;14,17H,7-13H2,1-6H3;7-12H2,1-6H3. The monoisotopic (exact) mass is 1680 g/mol. The number of hydrogen-bond donors (Lipinski definition) is 4. The molecule has 0 aromatic carbocycles. The summed E-state index contributed by atoms with van der Waals surface area (Å²) in [5.41, 5.74) is 1.17. The van der Waals surface area contributed by atoms with Crippen molar-refractivity contribution in [2.45, 2.75) is 361 Å². The molecule has 21 heteroatoms. The summed E-state index contributed by atoms with van der Waals surface area (Å²) >= 11 is 0. The van der Waals surface area contributed by atoms with Gasteiger partial charge >= 0.3 is 0 Å². The molecular weight excluding hydrogens is 1470 g/mol. The number of piperazine rings is 2. The van der Waals surface area contributed by atoms with Gasteiger partial charge in [-0.05, 0) is 371 Å². The van der Waals surface area contributed by atoms with E-state index in [-0.39, 0.29) is 61.4 Å². The van der Waals surface area contributed by atoms with Crippen LogP contribution in [0.15, 0.2) is 0 Å². The predicted molar refractivity (Wildman–Crippen MR) is 510 cm³/mol. The van der Waals surface area contributed by atoms with Crippen molar-refractivity contribution in [1.82, 2.24) is 70.3 Å². The first-order valence-corrected chi connectivity index (χ1v) is 47.7. The molecule has 0 bridgehead atoms. The van der Waals surface area contributed by atoms with Gasteiger partial charge < -0.3 is 69.1 Å². The third-order valence-corrected chi connectivity index (χ3v) is 21.5. The molecule has 6 rings (SSSR count). The Morgan fingerprint density at radius 3 is 0.636 bits per heavy atom. The summed E-state index contributed by atoms with van der Waals surface area (Å²) in [4.78, 5) is 25.4. The van der Waals surface area contributed by atoms with E-state index >= 15 is 0 Å². The molecule has 0 aliphatic carbocycles. The van der Waals surface area contributed by atoms with Crippen molar-refractivity contribution < 1.29 is 33.2 Å². The van der Waals surface area contributed by atoms with Crippen LogP contribution in [-0.2, 0) is 33.2 Å². The largest absolute Gasteiger partial charge is 0.375 e. The molecule has 6 saturated heterocycles. The lowest BCUT2D eigenvalue weighted by Crippen LogP contribution is -2.53. The Morgan fingerprint density at radius 1 is 0.212 bits per heavy atom. The summed E-state index contributed by atoms with van der Waals surface area (Å²) in [7, 11) is 0. The average molecular weight is 1680 g/mol. The van der Waals surface area contributed by atoms with Gasteiger partial charge in [0.25, 0.3) is 0 Å². The number of hydrogen-bond acceptors (Lipinski definition) is 21. The van der Waals surface area contributed by atoms with E-state index in [1.165, 1.54) is 163 Å². The number of ether oxygens (including phenoxy) is 7. The lowest BCUT2D eigenvalue weighted by Gasteiger charge is -2.42. The lowest BCUT2D eigenvalue weighted by molar-refractivity contribution is -0.0220. The zero-order valence-electron chi connectivity index (χ0n) is 85.7. The van der Waals surface area contributed by atoms with E-state index in [0.29, 0.717) is 5.54 Å². The maximum atomic E-state index is 5.84. The maximum Gasteiger partial charge on any atom is 0.0600 e. The number of rotatable bonds is 32. The van der Waals surface area contributed by atoms with E-state index < -0.39 is 0 Å². The second-order valence-corrected chi connectivity index (χ2v) is 47.0. The van der Waals surface area contributed by atoms with E-state index in [0.717, 1.165) is 156 Å². The van der Waals surface area contributed by atoms with E-state index in [4.69, 9.17) is 33.2 Å². The van der Waals surface area contributed by atoms with Crippen molar-refractivity contribution in [2.24, 2.45) is 11.8 Å². The lowest BCUT2D eigenvalue weighted by atomic mass is 9.93. The minimum atomic E-state index is -0.0256. The molecule has 0 saturated carbocycles. The highest BCUT2D eigenvalue weighted by Gasteiger charge is 2.29. The highest BCUT2D eigenvalue weighted by atomic mass is 16.5. The predicted octanol–water partition coefficient (Wildman–Crippen LogP) is 15.0. The van der Waals surface area contributed by atoms with Crippen LogP contribution >= 0.6 is 0 Å². The molecule has 0 aromatic heterocycles. The third-order valence-electron chi connectivity index (χ3n) is 21.5. The molecule has 0 atom stereocenters. The van der Waals surface area contributed by atoms with Crippen molar-refractivity contribution in [3.05, 3.63) is 0 Å². The summed E-state index contributed by atoms with van der Waals surface area (Å²) < 4.78 is 40.7. The molecule has 6 aliphatic rings. The van der Waals surface area contributed by atoms with Gasteiger partial charge in [0.2, 0.25) is 0 Å². The van der Waals surface area contributed by atoms with Crippen LogP contribution in [0.25, 0.3) is 0 Å². The molecule has 708 valence electrons. The Hall–Kier alpha value is -0.840. The summed E-state index contributed by atoms with van der Waals surface area (Å²) in [6, 6.07) is 0. The Kier molecular flexibility index (Phi) is 55.1. The van der Waals surface area contributed by atoms with Gasteiger partial charge in [-0.25, -0.2) is 0 Å². The normalized spacial score (nSPS) is 19.8. The summed E-state index contributed by atoms with van der Waals surface area (Å²) in [5, 5.41) is 14.4. The van der Waals surface area contributed by atoms with E-state index in [1.54, 1.807) is 0 Å². The van der Waals surface area contributed by atoms with E-state index in [2.05, 4.69) is 320 Å². The fraction of sp³-hybridized carbons (Fsp3) is 1.00. The molecule has 0 radical (unpaired) electrons. The summed E-state index contributed by atoms with van der Waals surface area (Å²) in [5.74, 6) is 1.75. The van der Waals surface area contributed by atoms with Gasteiger partial charge in [-0.2, -0.15) is 0 Å². The van der Waals surface area contributed by atoms with Crippen molar-refractivity contribution >= 4 is 0 Å². The van der Waals surface area contributed by atoms with Gasteiger partial charge in [0.15, 0.2) is 0 Å². The number of piperidine rings is 2. The molecule has 4 N–H and O–H groups in total. The molecule has 0 amide bonds. The Morgan fingerprint density at radius 2 is 0.407 bits per heavy atom. The Bertz CT molecular complexity index is 2170. The number of nitrogens with zero attached hydrogens (tertiary/aromatic N) is 10. The summed E-state index contributed by atoms with van der Waals surface area (Å²) in [6.45, 7) is 122. The SMILES string of the molecule is CC(C)(C)NCC1CCN(CCOC(C)(C)C)CC1.CC(C)(C)NCCC1CCN(CCOC(C)(C)C)CC1.CC(C)(C)NCCN1CCCN(CCOC(C)(C)C)CC1.CC(C)(C)NCCN1CCN(CCOC(C)(C)C)CC1.CC(C)(C)OCCN1CCCN(CCOC(C)(C)C)CC1.CC(C)(C)OCCN1CCN(C(C)(C)C)CC1. The average Bonchev–Trinajstić information content (AvgIpc) is 0.982. The van der Waals surface area contributed by atoms with Crippen molar-refractivity contribution in [2.75, 3.05) is 262 Å². The first-order valence-electron chi connectivity index (χ1n) is 47.7. The maximum absolute atomic E-state index is 5.84. The first-order chi connectivity index (χ1) is 54.0. The fourth-order valence-corrected chi connectivity index (χ4v) is 14.4. The Balaban J connectivity index is 0.000000709. The fourth-order valence-electron chi connectivity index (χ4n) is 14.4. The molecule has 21 nitrogen and oxygen atoms in total.